The number of nitrogens with zero attached hydrogens (tertiary/aromatic N) is 3. The molecule has 4 aliphatic rings. The van der Waals surface area contributed by atoms with Crippen LogP contribution in [0.15, 0.2) is 109 Å². The Morgan fingerprint density at radius 2 is 1.21 bits per heavy atom. The number of halogens is 5. The number of ketones is 1. The molecule has 402 valence electrons. The summed E-state index contributed by atoms with van der Waals surface area (Å²) >= 11 is 23.3. The number of hydrogen-bond donors (Lipinski definition) is 4. The van der Waals surface area contributed by atoms with Crippen molar-refractivity contribution in [2.75, 3.05) is 141 Å². The Hall–Kier alpha value is -4.06. The standard InChI is InChI=1S/C29H34Cl3FN2O3.C13H20N2O2.C7H14ClNO.C6H7NO/c30-29(31,32)27(36)20-28(18-22-5-7-24(33)8-6-22)10-9-23(19-28)21-34-25-3-1-4-26(17-25)38-14-2-11-35-12-15-37-16-13-35;14-12-3-1-4-13(11-12)17-8-2-5-15-6-9-16-10-7-15;8-2-1-3-9-4-6-10-7-5-9;7-5-2-1-3-6(8)4-5/h1,3-8,17,19,34H,2,9-16,18,20-21H2;1,3-4,11H,2,5-10,14H2;1-7H2;1-4,8H,7H2. The smallest absolute Gasteiger partial charge is 0.248 e. The lowest BCUT2D eigenvalue weighted by Gasteiger charge is -2.28. The molecule has 73 heavy (non-hydrogen) atoms. The number of phenolic OH excluding ortho intramolecular Hbond substituents is 1. The van der Waals surface area contributed by atoms with Crippen molar-refractivity contribution in [3.8, 4) is 17.2 Å². The number of phenols is 1. The lowest BCUT2D eigenvalue weighted by atomic mass is 9.77. The van der Waals surface area contributed by atoms with Gasteiger partial charge >= 0.3 is 0 Å². The van der Waals surface area contributed by atoms with Crippen LogP contribution in [-0.4, -0.2) is 154 Å². The zero-order valence-corrected chi connectivity index (χ0v) is 45.0. The fourth-order valence-electron chi connectivity index (χ4n) is 8.65. The molecule has 1 aliphatic carbocycles. The first-order valence-electron chi connectivity index (χ1n) is 25.3. The number of benzene rings is 4. The van der Waals surface area contributed by atoms with Crippen LogP contribution in [0, 0.1) is 11.2 Å². The van der Waals surface area contributed by atoms with Gasteiger partial charge in [-0.05, 0) is 105 Å². The zero-order valence-electron chi connectivity index (χ0n) is 42.0. The summed E-state index contributed by atoms with van der Waals surface area (Å²) < 4.78 is 39.0. The van der Waals surface area contributed by atoms with Crippen molar-refractivity contribution in [1.29, 1.82) is 0 Å². The molecule has 13 nitrogen and oxygen atoms in total. The maximum atomic E-state index is 13.4. The van der Waals surface area contributed by atoms with Gasteiger partial charge in [-0.3, -0.25) is 19.5 Å². The van der Waals surface area contributed by atoms with E-state index in [0.29, 0.717) is 25.3 Å². The highest BCUT2D eigenvalue weighted by molar-refractivity contribution is 6.76. The van der Waals surface area contributed by atoms with Crippen LogP contribution in [0.2, 0.25) is 0 Å². The van der Waals surface area contributed by atoms with Crippen molar-refractivity contribution in [2.24, 2.45) is 5.41 Å². The number of Topliss-reactive ketones (excluding diaryl/α,β-unsaturated/α-hetero) is 1. The molecular weight excluding hydrogens is 1020 g/mol. The number of carbonyl (C=O) groups is 1. The third kappa shape index (κ3) is 24.4. The summed E-state index contributed by atoms with van der Waals surface area (Å²) in [5.74, 6) is 1.94. The molecule has 3 fully saturated rings. The van der Waals surface area contributed by atoms with E-state index in [1.54, 1.807) is 30.3 Å². The zero-order chi connectivity index (χ0) is 52.2. The van der Waals surface area contributed by atoms with E-state index in [4.69, 9.17) is 86.7 Å². The van der Waals surface area contributed by atoms with E-state index >= 15 is 0 Å². The van der Waals surface area contributed by atoms with Crippen molar-refractivity contribution >= 4 is 69.2 Å². The highest BCUT2D eigenvalue weighted by Crippen LogP contribution is 2.45. The number of carbonyl (C=O) groups excluding carboxylic acids is 1. The maximum Gasteiger partial charge on any atom is 0.248 e. The summed E-state index contributed by atoms with van der Waals surface area (Å²) in [5, 5.41) is 12.2. The molecular formula is C55H75Cl4FN6O7. The third-order valence-corrected chi connectivity index (χ3v) is 13.4. The SMILES string of the molecule is ClCCCN1CCOCC1.Nc1cccc(O)c1.Nc1cccc(OCCCN2CCOCC2)c1.O=C(CC1(Cc2ccc(F)cc2)C=C(CNc2cccc(OCCCN3CCOCC3)c2)CC1)C(Cl)(Cl)Cl. The molecule has 3 aliphatic heterocycles. The average Bonchev–Trinajstić information content (AvgIpc) is 3.79. The number of aromatic hydroxyl groups is 1. The summed E-state index contributed by atoms with van der Waals surface area (Å²) in [6.45, 7) is 16.6. The number of allylic oxidation sites excluding steroid dienone is 1. The number of morpholine rings is 3. The van der Waals surface area contributed by atoms with Crippen LogP contribution in [0.25, 0.3) is 0 Å². The number of nitrogens with one attached hydrogen (secondary N) is 1. The van der Waals surface area contributed by atoms with E-state index < -0.39 is 15.0 Å². The molecule has 4 aromatic rings. The number of nitrogens with two attached hydrogens (primary N) is 2. The van der Waals surface area contributed by atoms with Gasteiger partial charge in [0.2, 0.25) is 3.79 Å². The van der Waals surface area contributed by atoms with Gasteiger partial charge in [0.25, 0.3) is 0 Å². The Morgan fingerprint density at radius 1 is 0.699 bits per heavy atom. The largest absolute Gasteiger partial charge is 0.508 e. The minimum absolute atomic E-state index is 0.109. The first-order valence-corrected chi connectivity index (χ1v) is 27.0. The van der Waals surface area contributed by atoms with E-state index in [-0.39, 0.29) is 18.0 Å². The predicted molar refractivity (Wildman–Crippen MR) is 295 cm³/mol. The van der Waals surface area contributed by atoms with Gasteiger partial charge < -0.3 is 45.6 Å². The van der Waals surface area contributed by atoms with Crippen molar-refractivity contribution in [3.05, 3.63) is 120 Å². The summed E-state index contributed by atoms with van der Waals surface area (Å²) in [5.41, 5.74) is 14.9. The van der Waals surface area contributed by atoms with Crippen LogP contribution in [0.5, 0.6) is 17.2 Å². The van der Waals surface area contributed by atoms with E-state index in [0.717, 1.165) is 172 Å². The molecule has 4 aromatic carbocycles. The topological polar surface area (TPSA) is 157 Å². The molecule has 0 saturated carbocycles. The van der Waals surface area contributed by atoms with Crippen molar-refractivity contribution in [3.63, 3.8) is 0 Å². The van der Waals surface area contributed by atoms with Gasteiger partial charge in [-0.25, -0.2) is 4.39 Å². The average molecular weight is 1090 g/mol. The van der Waals surface area contributed by atoms with E-state index in [1.165, 1.54) is 23.8 Å². The van der Waals surface area contributed by atoms with Crippen LogP contribution in [0.3, 0.4) is 0 Å². The van der Waals surface area contributed by atoms with Gasteiger partial charge in [0.05, 0.1) is 52.9 Å². The second kappa shape index (κ2) is 33.1. The molecule has 1 unspecified atom stereocenters. The van der Waals surface area contributed by atoms with Crippen LogP contribution in [0.1, 0.15) is 44.1 Å². The summed E-state index contributed by atoms with van der Waals surface area (Å²) in [7, 11) is 0. The molecule has 8 rings (SSSR count). The first kappa shape index (κ1) is 59.8. The van der Waals surface area contributed by atoms with Gasteiger partial charge in [-0.2, -0.15) is 0 Å². The normalized spacial score (nSPS) is 18.4. The van der Waals surface area contributed by atoms with Gasteiger partial charge in [0.1, 0.15) is 23.1 Å². The van der Waals surface area contributed by atoms with Crippen molar-refractivity contribution in [2.45, 2.75) is 48.7 Å². The van der Waals surface area contributed by atoms with E-state index in [1.807, 2.05) is 48.5 Å². The fraction of sp³-hybridized carbons (Fsp3) is 0.509. The van der Waals surface area contributed by atoms with Crippen LogP contribution in [-0.2, 0) is 25.4 Å². The Kier molecular flexibility index (Phi) is 27.1. The van der Waals surface area contributed by atoms with Crippen molar-refractivity contribution < 1.29 is 38.0 Å². The van der Waals surface area contributed by atoms with Gasteiger partial charge in [0, 0.05) is 106 Å². The van der Waals surface area contributed by atoms with Crippen LogP contribution >= 0.6 is 46.4 Å². The quantitative estimate of drug-likeness (QED) is 0.0287. The Balaban J connectivity index is 0.000000228. The molecule has 0 bridgehead atoms. The molecule has 0 radical (unpaired) electrons. The molecule has 0 aromatic heterocycles. The number of alkyl halides is 4. The summed E-state index contributed by atoms with van der Waals surface area (Å²) in [4.78, 5) is 19.9. The second-order valence-corrected chi connectivity index (χ2v) is 21.1. The minimum Gasteiger partial charge on any atom is -0.508 e. The molecule has 0 spiro atoms. The van der Waals surface area contributed by atoms with Crippen LogP contribution in [0.4, 0.5) is 21.5 Å². The van der Waals surface area contributed by atoms with E-state index in [9.17, 15) is 9.18 Å². The van der Waals surface area contributed by atoms with Gasteiger partial charge in [-0.1, -0.05) is 76.8 Å². The molecule has 0 amide bonds. The molecule has 18 heteroatoms. The molecule has 3 saturated heterocycles. The lowest BCUT2D eigenvalue weighted by Crippen LogP contribution is -2.37. The number of hydrogen-bond acceptors (Lipinski definition) is 13. The number of nitrogen functional groups attached to an aromatic ring is 2. The lowest BCUT2D eigenvalue weighted by molar-refractivity contribution is -0.119. The predicted octanol–water partition coefficient (Wildman–Crippen LogP) is 9.91. The Bertz CT molecular complexity index is 2190. The fourth-order valence-corrected chi connectivity index (χ4v) is 8.97. The monoisotopic (exact) mass is 1090 g/mol. The van der Waals surface area contributed by atoms with Gasteiger partial charge in [-0.15, -0.1) is 11.6 Å². The van der Waals surface area contributed by atoms with E-state index in [2.05, 4.69) is 26.1 Å². The number of ether oxygens (including phenoxy) is 5. The Morgan fingerprint density at radius 3 is 1.70 bits per heavy atom. The maximum absolute atomic E-state index is 13.4. The second-order valence-electron chi connectivity index (χ2n) is 18.4. The Labute approximate surface area is 452 Å². The van der Waals surface area contributed by atoms with Gasteiger partial charge in [0.15, 0.2) is 5.78 Å². The highest BCUT2D eigenvalue weighted by Gasteiger charge is 2.41. The van der Waals surface area contributed by atoms with Crippen molar-refractivity contribution in [1.82, 2.24) is 14.7 Å². The molecule has 1 atom stereocenters. The minimum atomic E-state index is -1.97. The summed E-state index contributed by atoms with van der Waals surface area (Å²) in [6.07, 6.45) is 7.49. The third-order valence-electron chi connectivity index (χ3n) is 12.5. The first-order chi connectivity index (χ1) is 35.3. The van der Waals surface area contributed by atoms with Crippen LogP contribution < -0.4 is 26.3 Å². The molecule has 6 N–H and O–H groups in total. The number of anilines is 3. The summed E-state index contributed by atoms with van der Waals surface area (Å²) in [6, 6.07) is 28.4. The number of rotatable bonds is 20. The highest BCUT2D eigenvalue weighted by atomic mass is 35.6. The molecule has 3 heterocycles.